The molecule has 0 heterocycles. The van der Waals surface area contributed by atoms with Crippen LogP contribution >= 0.6 is 22.6 Å². The fourth-order valence-electron chi connectivity index (χ4n) is 3.73. The van der Waals surface area contributed by atoms with E-state index in [0.717, 1.165) is 30.5 Å². The molecule has 0 amide bonds. The Morgan fingerprint density at radius 3 is 2.50 bits per heavy atom. The largest absolute Gasteiger partial charge is 0.451 e. The first-order valence-electron chi connectivity index (χ1n) is 9.66. The predicted octanol–water partition coefficient (Wildman–Crippen LogP) is 4.92. The Bertz CT molecular complexity index is 862. The molecule has 0 radical (unpaired) electrons. The van der Waals surface area contributed by atoms with Gasteiger partial charge in [-0.05, 0) is 61.1 Å². The summed E-state index contributed by atoms with van der Waals surface area (Å²) in [6.45, 7) is 2.10. The molecule has 28 heavy (non-hydrogen) atoms. The van der Waals surface area contributed by atoms with Gasteiger partial charge in [-0.3, -0.25) is 4.79 Å². The third-order valence-electron chi connectivity index (χ3n) is 5.36. The van der Waals surface area contributed by atoms with E-state index in [-0.39, 0.29) is 5.78 Å². The van der Waals surface area contributed by atoms with Crippen LogP contribution < -0.4 is 4.90 Å². The Morgan fingerprint density at radius 1 is 1.18 bits per heavy atom. The highest BCUT2D eigenvalue weighted by Gasteiger charge is 2.46. The van der Waals surface area contributed by atoms with Crippen molar-refractivity contribution in [1.29, 1.82) is 0 Å². The topological polar surface area (TPSA) is 46.6 Å². The van der Waals surface area contributed by atoms with Crippen molar-refractivity contribution in [1.82, 2.24) is 0 Å². The molecule has 0 aromatic heterocycles. The number of hydrogen-bond donors (Lipinski definition) is 0. The molecule has 2 aromatic carbocycles. The van der Waals surface area contributed by atoms with Crippen molar-refractivity contribution in [2.75, 3.05) is 19.0 Å². The first-order chi connectivity index (χ1) is 13.4. The molecule has 1 fully saturated rings. The minimum absolute atomic E-state index is 0.00138. The number of benzene rings is 2. The third-order valence-corrected chi connectivity index (χ3v) is 7.02. The molecule has 0 bridgehead atoms. The Balaban J connectivity index is 1.79. The summed E-state index contributed by atoms with van der Waals surface area (Å²) in [5.41, 5.74) is 3.71. The van der Waals surface area contributed by atoms with Crippen molar-refractivity contribution in [2.45, 2.75) is 42.1 Å². The zero-order valence-electron chi connectivity index (χ0n) is 16.6. The molecule has 0 spiro atoms. The van der Waals surface area contributed by atoms with Gasteiger partial charge in [-0.1, -0.05) is 53.8 Å². The van der Waals surface area contributed by atoms with Gasteiger partial charge < -0.3 is 9.64 Å². The lowest BCUT2D eigenvalue weighted by atomic mass is 9.79. The van der Waals surface area contributed by atoms with E-state index in [1.54, 1.807) is 12.1 Å². The van der Waals surface area contributed by atoms with Crippen LogP contribution in [0.15, 0.2) is 48.5 Å². The monoisotopic (exact) mass is 491 g/mol. The van der Waals surface area contributed by atoms with Gasteiger partial charge in [0.15, 0.2) is 11.9 Å². The molecular formula is C23H26INO3. The minimum atomic E-state index is -0.698. The SMILES string of the molecule is CCc1ccccc1[C@]1(I)CCC[C@@H](OC(=O)c2ccc(N(C)C)cc2)C1=O. The van der Waals surface area contributed by atoms with Crippen LogP contribution in [0.5, 0.6) is 0 Å². The van der Waals surface area contributed by atoms with Gasteiger partial charge >= 0.3 is 5.97 Å². The van der Waals surface area contributed by atoms with E-state index in [0.29, 0.717) is 12.0 Å². The Kier molecular flexibility index (Phi) is 6.43. The van der Waals surface area contributed by atoms with E-state index in [1.807, 2.05) is 49.3 Å². The molecule has 3 rings (SSSR count). The van der Waals surface area contributed by atoms with Crippen molar-refractivity contribution >= 4 is 40.0 Å². The highest BCUT2D eigenvalue weighted by atomic mass is 127. The van der Waals surface area contributed by atoms with Gasteiger partial charge in [0, 0.05) is 19.8 Å². The van der Waals surface area contributed by atoms with Crippen LogP contribution in [-0.4, -0.2) is 32.0 Å². The lowest BCUT2D eigenvalue weighted by molar-refractivity contribution is -0.132. The molecule has 0 unspecified atom stereocenters. The molecule has 1 aliphatic carbocycles. The van der Waals surface area contributed by atoms with Gasteiger partial charge in [-0.2, -0.15) is 0 Å². The summed E-state index contributed by atoms with van der Waals surface area (Å²) < 4.78 is 5.04. The number of ether oxygens (including phenoxy) is 1. The van der Waals surface area contributed by atoms with Crippen LogP contribution in [0.25, 0.3) is 0 Å². The Morgan fingerprint density at radius 2 is 1.86 bits per heavy atom. The van der Waals surface area contributed by atoms with Crippen molar-refractivity contribution in [3.63, 3.8) is 0 Å². The molecule has 2 atom stereocenters. The summed E-state index contributed by atoms with van der Waals surface area (Å²) in [6.07, 6.45) is 2.38. The number of rotatable bonds is 5. The van der Waals surface area contributed by atoms with Gasteiger partial charge in [-0.15, -0.1) is 0 Å². The number of anilines is 1. The molecule has 5 heteroatoms. The summed E-state index contributed by atoms with van der Waals surface area (Å²) in [6, 6.07) is 15.3. The van der Waals surface area contributed by atoms with Crippen molar-refractivity contribution in [3.05, 3.63) is 65.2 Å². The summed E-state index contributed by atoms with van der Waals surface area (Å²) in [4.78, 5) is 27.9. The second kappa shape index (κ2) is 8.64. The summed E-state index contributed by atoms with van der Waals surface area (Å²) in [7, 11) is 3.89. The second-order valence-corrected chi connectivity index (χ2v) is 9.25. The number of carbonyl (C=O) groups excluding carboxylic acids is 2. The first kappa shape index (κ1) is 20.8. The maximum absolute atomic E-state index is 13.3. The average Bonchev–Trinajstić information content (AvgIpc) is 2.71. The Labute approximate surface area is 180 Å². The van der Waals surface area contributed by atoms with Crippen molar-refractivity contribution < 1.29 is 14.3 Å². The summed E-state index contributed by atoms with van der Waals surface area (Å²) in [5, 5.41) is 0. The van der Waals surface area contributed by atoms with E-state index in [4.69, 9.17) is 4.74 Å². The van der Waals surface area contributed by atoms with E-state index < -0.39 is 15.5 Å². The summed E-state index contributed by atoms with van der Waals surface area (Å²) in [5.74, 6) is -0.438. The number of carbonyl (C=O) groups is 2. The zero-order valence-corrected chi connectivity index (χ0v) is 18.7. The van der Waals surface area contributed by atoms with E-state index in [2.05, 4.69) is 35.6 Å². The maximum atomic E-state index is 13.3. The van der Waals surface area contributed by atoms with E-state index in [1.165, 1.54) is 5.56 Å². The fraction of sp³-hybridized carbons (Fsp3) is 0.391. The molecule has 1 aliphatic rings. The molecule has 1 saturated carbocycles. The molecule has 0 N–H and O–H groups in total. The number of alkyl halides is 1. The molecular weight excluding hydrogens is 465 g/mol. The number of hydrogen-bond acceptors (Lipinski definition) is 4. The van der Waals surface area contributed by atoms with Crippen LogP contribution in [0.1, 0.15) is 47.7 Å². The normalized spacial score (nSPS) is 22.0. The molecule has 148 valence electrons. The van der Waals surface area contributed by atoms with Crippen molar-refractivity contribution in [2.24, 2.45) is 0 Å². The maximum Gasteiger partial charge on any atom is 0.338 e. The van der Waals surface area contributed by atoms with Gasteiger partial charge in [0.25, 0.3) is 0 Å². The predicted molar refractivity (Wildman–Crippen MR) is 120 cm³/mol. The quantitative estimate of drug-likeness (QED) is 0.339. The lowest BCUT2D eigenvalue weighted by Crippen LogP contribution is -2.44. The molecule has 0 saturated heterocycles. The molecule has 4 nitrogen and oxygen atoms in total. The second-order valence-electron chi connectivity index (χ2n) is 7.40. The van der Waals surface area contributed by atoms with Gasteiger partial charge in [0.1, 0.15) is 3.42 Å². The highest BCUT2D eigenvalue weighted by Crippen LogP contribution is 2.45. The smallest absolute Gasteiger partial charge is 0.338 e. The average molecular weight is 491 g/mol. The van der Waals surface area contributed by atoms with Crippen LogP contribution in [0, 0.1) is 0 Å². The van der Waals surface area contributed by atoms with Crippen LogP contribution in [-0.2, 0) is 19.4 Å². The van der Waals surface area contributed by atoms with E-state index in [9.17, 15) is 9.59 Å². The zero-order chi connectivity index (χ0) is 20.3. The fourth-order valence-corrected chi connectivity index (χ4v) is 4.98. The van der Waals surface area contributed by atoms with Gasteiger partial charge in [0.05, 0.1) is 5.56 Å². The standard InChI is InChI=1S/C23H26INO3/c1-4-16-8-5-6-9-19(16)23(24)15-7-10-20(21(23)26)28-22(27)17-11-13-18(14-12-17)25(2)3/h5-6,8-9,11-14,20H,4,7,10,15H2,1-3H3/t20-,23-/m1/s1. The number of aryl methyl sites for hydroxylation is 1. The number of esters is 1. The van der Waals surface area contributed by atoms with Crippen LogP contribution in [0.2, 0.25) is 0 Å². The molecule has 2 aromatic rings. The number of ketones is 1. The van der Waals surface area contributed by atoms with E-state index >= 15 is 0 Å². The van der Waals surface area contributed by atoms with Gasteiger partial charge in [0.2, 0.25) is 0 Å². The lowest BCUT2D eigenvalue weighted by Gasteiger charge is -2.36. The summed E-state index contributed by atoms with van der Waals surface area (Å²) >= 11 is 2.27. The van der Waals surface area contributed by atoms with Gasteiger partial charge in [-0.25, -0.2) is 4.79 Å². The van der Waals surface area contributed by atoms with Crippen LogP contribution in [0.3, 0.4) is 0 Å². The molecule has 0 aliphatic heterocycles. The minimum Gasteiger partial charge on any atom is -0.451 e. The number of halogens is 1. The highest BCUT2D eigenvalue weighted by molar-refractivity contribution is 14.1. The Hall–Kier alpha value is -1.89. The number of nitrogens with zero attached hydrogens (tertiary/aromatic N) is 1. The van der Waals surface area contributed by atoms with Crippen LogP contribution in [0.4, 0.5) is 5.69 Å². The first-order valence-corrected chi connectivity index (χ1v) is 10.7. The van der Waals surface area contributed by atoms with Crippen molar-refractivity contribution in [3.8, 4) is 0 Å². The third kappa shape index (κ3) is 4.09. The number of Topliss-reactive ketones (excluding diaryl/α,β-unsaturated/α-hetero) is 1.